The van der Waals surface area contributed by atoms with Crippen LogP contribution < -0.4 is 5.32 Å². The Kier molecular flexibility index (Phi) is 3.62. The molecule has 88 valence electrons. The maximum absolute atomic E-state index is 9.78. The van der Waals surface area contributed by atoms with Gasteiger partial charge in [-0.2, -0.15) is 0 Å². The minimum atomic E-state index is -0.160. The van der Waals surface area contributed by atoms with E-state index in [-0.39, 0.29) is 12.1 Å². The summed E-state index contributed by atoms with van der Waals surface area (Å²) >= 11 is 0. The van der Waals surface area contributed by atoms with Gasteiger partial charge in [0.2, 0.25) is 0 Å². The van der Waals surface area contributed by atoms with Crippen LogP contribution >= 0.6 is 0 Å². The molecule has 1 aromatic carbocycles. The topological polar surface area (TPSA) is 32.3 Å². The van der Waals surface area contributed by atoms with Crippen LogP contribution in [0.2, 0.25) is 0 Å². The zero-order chi connectivity index (χ0) is 11.5. The average molecular weight is 219 g/mol. The molecule has 1 aliphatic rings. The van der Waals surface area contributed by atoms with E-state index >= 15 is 0 Å². The molecule has 0 heterocycles. The smallest absolute Gasteiger partial charge is 0.0693 e. The number of nitrogens with one attached hydrogen (secondary N) is 1. The highest BCUT2D eigenvalue weighted by Crippen LogP contribution is 2.22. The molecule has 1 aromatic rings. The Labute approximate surface area is 97.7 Å². The molecule has 0 saturated heterocycles. The molecule has 0 aromatic heterocycles. The fourth-order valence-corrected chi connectivity index (χ4v) is 2.49. The minimum absolute atomic E-state index is 0.160. The summed E-state index contributed by atoms with van der Waals surface area (Å²) in [6, 6.07) is 9.15. The van der Waals surface area contributed by atoms with Crippen molar-refractivity contribution in [2.75, 3.05) is 0 Å². The molecule has 1 saturated carbocycles. The van der Waals surface area contributed by atoms with Crippen LogP contribution in [0.3, 0.4) is 0 Å². The van der Waals surface area contributed by atoms with Gasteiger partial charge in [-0.05, 0) is 38.7 Å². The Hall–Kier alpha value is -0.860. The molecule has 2 heteroatoms. The maximum atomic E-state index is 9.78. The van der Waals surface area contributed by atoms with Crippen molar-refractivity contribution in [2.45, 2.75) is 51.3 Å². The third-order valence-electron chi connectivity index (χ3n) is 3.49. The lowest BCUT2D eigenvalue weighted by Crippen LogP contribution is -2.37. The van der Waals surface area contributed by atoms with Crippen LogP contribution in [0, 0.1) is 6.92 Å². The molecular weight excluding hydrogens is 198 g/mol. The van der Waals surface area contributed by atoms with Gasteiger partial charge in [0.1, 0.15) is 0 Å². The summed E-state index contributed by atoms with van der Waals surface area (Å²) in [5, 5.41) is 13.3. The molecule has 2 N–H and O–H groups in total. The quantitative estimate of drug-likeness (QED) is 0.819. The number of aryl methyl sites for hydroxylation is 1. The highest BCUT2D eigenvalue weighted by molar-refractivity contribution is 5.24. The first-order valence-electron chi connectivity index (χ1n) is 6.17. The van der Waals surface area contributed by atoms with Gasteiger partial charge in [0.25, 0.3) is 0 Å². The molecule has 2 rings (SSSR count). The lowest BCUT2D eigenvalue weighted by molar-refractivity contribution is 0.144. The summed E-state index contributed by atoms with van der Waals surface area (Å²) in [6.07, 6.45) is 3.02. The molecule has 16 heavy (non-hydrogen) atoms. The summed E-state index contributed by atoms with van der Waals surface area (Å²) in [4.78, 5) is 0. The fraction of sp³-hybridized carbons (Fsp3) is 0.571. The van der Waals surface area contributed by atoms with Crippen LogP contribution in [0.25, 0.3) is 0 Å². The second-order valence-corrected chi connectivity index (χ2v) is 4.91. The lowest BCUT2D eigenvalue weighted by Gasteiger charge is -2.22. The summed E-state index contributed by atoms with van der Waals surface area (Å²) in [5.41, 5.74) is 2.59. The van der Waals surface area contributed by atoms with E-state index in [1.807, 2.05) is 0 Å². The second kappa shape index (κ2) is 4.98. The number of hydrogen-bond acceptors (Lipinski definition) is 2. The van der Waals surface area contributed by atoms with Crippen molar-refractivity contribution in [3.8, 4) is 0 Å². The van der Waals surface area contributed by atoms with Gasteiger partial charge in [-0.1, -0.05) is 29.8 Å². The second-order valence-electron chi connectivity index (χ2n) is 4.91. The first kappa shape index (κ1) is 11.6. The molecule has 1 fully saturated rings. The molecule has 2 unspecified atom stereocenters. The van der Waals surface area contributed by atoms with E-state index in [1.54, 1.807) is 0 Å². The number of aliphatic hydroxyl groups excluding tert-OH is 1. The summed E-state index contributed by atoms with van der Waals surface area (Å²) in [6.45, 7) is 4.28. The van der Waals surface area contributed by atoms with Crippen LogP contribution in [0.4, 0.5) is 0 Å². The van der Waals surface area contributed by atoms with Crippen molar-refractivity contribution < 1.29 is 5.11 Å². The SMILES string of the molecule is Cc1cccc([C@H](C)NC2CCCC2O)c1. The van der Waals surface area contributed by atoms with Crippen molar-refractivity contribution in [1.82, 2.24) is 5.32 Å². The van der Waals surface area contributed by atoms with Gasteiger partial charge in [0.05, 0.1) is 6.10 Å². The standard InChI is InChI=1S/C14H21NO/c1-10-5-3-6-12(9-10)11(2)15-13-7-4-8-14(13)16/h3,5-6,9,11,13-16H,4,7-8H2,1-2H3/t11-,13?,14?/m0/s1. The zero-order valence-electron chi connectivity index (χ0n) is 10.1. The van der Waals surface area contributed by atoms with Crippen LogP contribution in [0.15, 0.2) is 24.3 Å². The molecule has 0 spiro atoms. The Morgan fingerprint density at radius 1 is 1.38 bits per heavy atom. The summed E-state index contributed by atoms with van der Waals surface area (Å²) in [7, 11) is 0. The van der Waals surface area contributed by atoms with Gasteiger partial charge in [-0.15, -0.1) is 0 Å². The molecule has 0 radical (unpaired) electrons. The Bertz CT molecular complexity index is 350. The lowest BCUT2D eigenvalue weighted by atomic mass is 10.0. The first-order valence-corrected chi connectivity index (χ1v) is 6.17. The zero-order valence-corrected chi connectivity index (χ0v) is 10.1. The maximum Gasteiger partial charge on any atom is 0.0693 e. The summed E-state index contributed by atoms with van der Waals surface area (Å²) in [5.74, 6) is 0. The van der Waals surface area contributed by atoms with E-state index in [4.69, 9.17) is 0 Å². The number of hydrogen-bond donors (Lipinski definition) is 2. The molecule has 0 aliphatic heterocycles. The van der Waals surface area contributed by atoms with Gasteiger partial charge in [0.15, 0.2) is 0 Å². The van der Waals surface area contributed by atoms with Crippen LogP contribution in [0.5, 0.6) is 0 Å². The summed E-state index contributed by atoms with van der Waals surface area (Å²) < 4.78 is 0. The molecule has 1 aliphatic carbocycles. The van der Waals surface area contributed by atoms with Crippen LogP contribution in [-0.4, -0.2) is 17.3 Å². The van der Waals surface area contributed by atoms with E-state index in [0.717, 1.165) is 19.3 Å². The Balaban J connectivity index is 1.99. The fourth-order valence-electron chi connectivity index (χ4n) is 2.49. The van der Waals surface area contributed by atoms with Gasteiger partial charge in [0, 0.05) is 12.1 Å². The van der Waals surface area contributed by atoms with Gasteiger partial charge in [-0.25, -0.2) is 0 Å². The average Bonchev–Trinajstić information content (AvgIpc) is 2.64. The molecule has 0 bridgehead atoms. The van der Waals surface area contributed by atoms with E-state index in [2.05, 4.69) is 43.4 Å². The van der Waals surface area contributed by atoms with Gasteiger partial charge >= 0.3 is 0 Å². The molecular formula is C14H21NO. The monoisotopic (exact) mass is 219 g/mol. The van der Waals surface area contributed by atoms with Crippen molar-refractivity contribution >= 4 is 0 Å². The van der Waals surface area contributed by atoms with Crippen molar-refractivity contribution in [3.05, 3.63) is 35.4 Å². The highest BCUT2D eigenvalue weighted by atomic mass is 16.3. The number of benzene rings is 1. The highest BCUT2D eigenvalue weighted by Gasteiger charge is 2.26. The van der Waals surface area contributed by atoms with E-state index in [0.29, 0.717) is 6.04 Å². The molecule has 3 atom stereocenters. The predicted octanol–water partition coefficient (Wildman–Crippen LogP) is 2.56. The molecule has 0 amide bonds. The third kappa shape index (κ3) is 2.63. The van der Waals surface area contributed by atoms with E-state index < -0.39 is 0 Å². The largest absolute Gasteiger partial charge is 0.392 e. The Morgan fingerprint density at radius 2 is 2.19 bits per heavy atom. The molecule has 2 nitrogen and oxygen atoms in total. The number of rotatable bonds is 3. The van der Waals surface area contributed by atoms with Crippen molar-refractivity contribution in [2.24, 2.45) is 0 Å². The van der Waals surface area contributed by atoms with Crippen molar-refractivity contribution in [1.29, 1.82) is 0 Å². The van der Waals surface area contributed by atoms with Crippen LogP contribution in [0.1, 0.15) is 43.4 Å². The predicted molar refractivity (Wildman–Crippen MR) is 66.4 cm³/mol. The van der Waals surface area contributed by atoms with E-state index in [9.17, 15) is 5.11 Å². The van der Waals surface area contributed by atoms with Crippen molar-refractivity contribution in [3.63, 3.8) is 0 Å². The Morgan fingerprint density at radius 3 is 2.81 bits per heavy atom. The first-order chi connectivity index (χ1) is 7.66. The van der Waals surface area contributed by atoms with Gasteiger partial charge < -0.3 is 10.4 Å². The van der Waals surface area contributed by atoms with Gasteiger partial charge in [-0.3, -0.25) is 0 Å². The minimum Gasteiger partial charge on any atom is -0.392 e. The third-order valence-corrected chi connectivity index (χ3v) is 3.49. The van der Waals surface area contributed by atoms with Crippen LogP contribution in [-0.2, 0) is 0 Å². The van der Waals surface area contributed by atoms with E-state index in [1.165, 1.54) is 11.1 Å². The normalized spacial score (nSPS) is 26.9. The number of aliphatic hydroxyl groups is 1.